The Labute approximate surface area is 205 Å². The molecular formula is C31H27NO3. The molecule has 3 aromatic rings. The van der Waals surface area contributed by atoms with Crippen molar-refractivity contribution in [1.82, 2.24) is 4.90 Å². The Hall–Kier alpha value is -3.63. The lowest BCUT2D eigenvalue weighted by Crippen LogP contribution is -2.56. The van der Waals surface area contributed by atoms with E-state index in [1.165, 1.54) is 44.5 Å². The molecule has 1 fully saturated rings. The van der Waals surface area contributed by atoms with E-state index in [1.54, 1.807) is 0 Å². The summed E-state index contributed by atoms with van der Waals surface area (Å²) >= 11 is 0. The van der Waals surface area contributed by atoms with Gasteiger partial charge < -0.3 is 9.47 Å². The number of ether oxygens (including phenoxy) is 2. The number of morpholine rings is 1. The van der Waals surface area contributed by atoms with Crippen molar-refractivity contribution in [3.05, 3.63) is 107 Å². The fraction of sp³-hybridized carbons (Fsp3) is 0.258. The Bertz CT molecular complexity index is 1340. The van der Waals surface area contributed by atoms with E-state index in [0.29, 0.717) is 19.8 Å². The fourth-order valence-electron chi connectivity index (χ4n) is 6.34. The van der Waals surface area contributed by atoms with Gasteiger partial charge in [-0.2, -0.15) is 0 Å². The van der Waals surface area contributed by atoms with Crippen LogP contribution in [0.25, 0.3) is 22.8 Å². The zero-order chi connectivity index (χ0) is 23.4. The number of nitrogens with zero attached hydrogens (tertiary/aromatic N) is 1. The highest BCUT2D eigenvalue weighted by atomic mass is 16.6. The van der Waals surface area contributed by atoms with Gasteiger partial charge in [0.25, 0.3) is 0 Å². The summed E-state index contributed by atoms with van der Waals surface area (Å²) in [6, 6.07) is 23.3. The third-order valence-electron chi connectivity index (χ3n) is 7.92. The average Bonchev–Trinajstić information content (AvgIpc) is 3.49. The number of benzene rings is 3. The van der Waals surface area contributed by atoms with Crippen molar-refractivity contribution in [2.24, 2.45) is 0 Å². The molecule has 7 rings (SSSR count). The van der Waals surface area contributed by atoms with Crippen LogP contribution in [0, 0.1) is 0 Å². The van der Waals surface area contributed by atoms with Crippen LogP contribution >= 0.6 is 0 Å². The van der Waals surface area contributed by atoms with Crippen molar-refractivity contribution in [2.75, 3.05) is 19.8 Å². The number of rotatable bonds is 3. The summed E-state index contributed by atoms with van der Waals surface area (Å²) in [4.78, 5) is 15.3. The first-order valence-corrected chi connectivity index (χ1v) is 12.5. The molecule has 2 aliphatic carbocycles. The Morgan fingerprint density at radius 1 is 0.914 bits per heavy atom. The molecule has 0 radical (unpaired) electrons. The highest BCUT2D eigenvalue weighted by molar-refractivity contribution is 5.80. The second-order valence-electron chi connectivity index (χ2n) is 9.85. The lowest BCUT2D eigenvalue weighted by atomic mass is 9.87. The molecule has 3 aromatic carbocycles. The van der Waals surface area contributed by atoms with Crippen LogP contribution in [0.4, 0.5) is 4.79 Å². The minimum absolute atomic E-state index is 0.00498. The van der Waals surface area contributed by atoms with Crippen molar-refractivity contribution < 1.29 is 14.3 Å². The van der Waals surface area contributed by atoms with Crippen LogP contribution in [0.5, 0.6) is 0 Å². The molecule has 1 saturated heterocycles. The first-order valence-electron chi connectivity index (χ1n) is 12.5. The van der Waals surface area contributed by atoms with Crippen LogP contribution in [0.3, 0.4) is 0 Å². The normalized spacial score (nSPS) is 21.8. The van der Waals surface area contributed by atoms with Gasteiger partial charge in [0.2, 0.25) is 0 Å². The highest BCUT2D eigenvalue weighted by Crippen LogP contribution is 2.45. The van der Waals surface area contributed by atoms with Gasteiger partial charge >= 0.3 is 6.09 Å². The van der Waals surface area contributed by atoms with Gasteiger partial charge in [-0.05, 0) is 57.4 Å². The van der Waals surface area contributed by atoms with Gasteiger partial charge in [0, 0.05) is 5.92 Å². The maximum absolute atomic E-state index is 13.4. The van der Waals surface area contributed by atoms with Crippen LogP contribution < -0.4 is 0 Å². The number of hydrogen-bond donors (Lipinski definition) is 0. The van der Waals surface area contributed by atoms with Gasteiger partial charge in [-0.25, -0.2) is 4.79 Å². The maximum atomic E-state index is 13.4. The predicted molar refractivity (Wildman–Crippen MR) is 137 cm³/mol. The van der Waals surface area contributed by atoms with E-state index in [-0.39, 0.29) is 24.1 Å². The molecule has 4 heteroatoms. The molecule has 174 valence electrons. The first-order chi connectivity index (χ1) is 17.3. The standard InChI is InChI=1S/C31H27NO3/c33-31(35-19-30-28-11-3-1-9-26(28)27-10-2-4-12-29(27)30)32-22-15-21(16-23(32)18-34-17-22)25-14-6-8-20-7-5-13-24(20)25/h1-12,14-15,22-23,30H,13,16-19H2. The molecular weight excluding hydrogens is 434 g/mol. The smallest absolute Gasteiger partial charge is 0.410 e. The van der Waals surface area contributed by atoms with Crippen molar-refractivity contribution in [1.29, 1.82) is 0 Å². The predicted octanol–water partition coefficient (Wildman–Crippen LogP) is 6.06. The van der Waals surface area contributed by atoms with E-state index in [2.05, 4.69) is 85.0 Å². The number of carbonyl (C=O) groups is 1. The second kappa shape index (κ2) is 8.24. The number of carbonyl (C=O) groups excluding carboxylic acids is 1. The molecule has 0 aromatic heterocycles. The second-order valence-corrected chi connectivity index (χ2v) is 9.85. The number of amides is 1. The van der Waals surface area contributed by atoms with Gasteiger partial charge in [-0.1, -0.05) is 85.0 Å². The number of hydrogen-bond acceptors (Lipinski definition) is 3. The van der Waals surface area contributed by atoms with Crippen molar-refractivity contribution in [3.63, 3.8) is 0 Å². The number of allylic oxidation sites excluding steroid dienone is 1. The largest absolute Gasteiger partial charge is 0.448 e. The van der Waals surface area contributed by atoms with Gasteiger partial charge in [-0.15, -0.1) is 0 Å². The summed E-state index contributed by atoms with van der Waals surface area (Å²) in [6.07, 6.45) is 8.19. The third kappa shape index (κ3) is 3.35. The van der Waals surface area contributed by atoms with E-state index in [4.69, 9.17) is 9.47 Å². The van der Waals surface area contributed by atoms with E-state index in [0.717, 1.165) is 12.8 Å². The van der Waals surface area contributed by atoms with Crippen LogP contribution in [0.1, 0.15) is 40.2 Å². The highest BCUT2D eigenvalue weighted by Gasteiger charge is 2.40. The van der Waals surface area contributed by atoms with Crippen LogP contribution in [-0.4, -0.2) is 42.9 Å². The Balaban J connectivity index is 1.13. The summed E-state index contributed by atoms with van der Waals surface area (Å²) in [7, 11) is 0. The molecule has 0 saturated carbocycles. The van der Waals surface area contributed by atoms with Crippen LogP contribution in [0.15, 0.2) is 78.9 Å². The zero-order valence-corrected chi connectivity index (χ0v) is 19.5. The molecule has 2 heterocycles. The average molecular weight is 462 g/mol. The molecule has 35 heavy (non-hydrogen) atoms. The minimum atomic E-state index is -0.236. The molecule has 2 atom stereocenters. The molecule has 2 unspecified atom stereocenters. The Morgan fingerprint density at radius 3 is 2.43 bits per heavy atom. The van der Waals surface area contributed by atoms with Gasteiger partial charge in [-0.3, -0.25) is 4.90 Å². The minimum Gasteiger partial charge on any atom is -0.448 e. The summed E-state index contributed by atoms with van der Waals surface area (Å²) in [5.74, 6) is 0.0674. The van der Waals surface area contributed by atoms with E-state index in [9.17, 15) is 4.79 Å². The zero-order valence-electron chi connectivity index (χ0n) is 19.5. The molecule has 0 spiro atoms. The first kappa shape index (κ1) is 20.7. The molecule has 2 bridgehead atoms. The van der Waals surface area contributed by atoms with Crippen LogP contribution in [0.2, 0.25) is 0 Å². The van der Waals surface area contributed by atoms with Crippen molar-refractivity contribution >= 4 is 17.7 Å². The van der Waals surface area contributed by atoms with Crippen LogP contribution in [-0.2, 0) is 15.9 Å². The SMILES string of the molecule is O=C(OCC1c2ccccc2-c2ccccc21)N1C2C=C(c3cccc4c3CC=C4)CC1COC2. The van der Waals surface area contributed by atoms with Gasteiger partial charge in [0.1, 0.15) is 6.61 Å². The summed E-state index contributed by atoms with van der Waals surface area (Å²) < 4.78 is 11.9. The van der Waals surface area contributed by atoms with E-state index < -0.39 is 0 Å². The monoisotopic (exact) mass is 461 g/mol. The summed E-state index contributed by atoms with van der Waals surface area (Å²) in [6.45, 7) is 1.40. The third-order valence-corrected chi connectivity index (χ3v) is 7.92. The molecule has 0 N–H and O–H groups in total. The topological polar surface area (TPSA) is 38.8 Å². The summed E-state index contributed by atoms with van der Waals surface area (Å²) in [5, 5.41) is 0. The molecule has 4 aliphatic rings. The molecule has 1 amide bonds. The van der Waals surface area contributed by atoms with Gasteiger partial charge in [0.05, 0.1) is 25.3 Å². The summed E-state index contributed by atoms with van der Waals surface area (Å²) in [5.41, 5.74) is 10.3. The lowest BCUT2D eigenvalue weighted by Gasteiger charge is -2.44. The van der Waals surface area contributed by atoms with Crippen molar-refractivity contribution in [2.45, 2.75) is 30.8 Å². The Morgan fingerprint density at radius 2 is 1.66 bits per heavy atom. The van der Waals surface area contributed by atoms with E-state index >= 15 is 0 Å². The van der Waals surface area contributed by atoms with E-state index in [1.807, 2.05) is 4.90 Å². The maximum Gasteiger partial charge on any atom is 0.410 e. The number of fused-ring (bicyclic) bond motifs is 6. The molecule has 4 nitrogen and oxygen atoms in total. The van der Waals surface area contributed by atoms with Gasteiger partial charge in [0.15, 0.2) is 0 Å². The lowest BCUT2D eigenvalue weighted by molar-refractivity contribution is -0.0331. The Kier molecular flexibility index (Phi) is 4.88. The molecule has 2 aliphatic heterocycles. The van der Waals surface area contributed by atoms with Crippen molar-refractivity contribution in [3.8, 4) is 11.1 Å². The fourth-order valence-corrected chi connectivity index (χ4v) is 6.34. The quantitative estimate of drug-likeness (QED) is 0.476.